The summed E-state index contributed by atoms with van der Waals surface area (Å²) in [5.41, 5.74) is 0.842. The fourth-order valence-electron chi connectivity index (χ4n) is 1.68. The average Bonchev–Trinajstić information content (AvgIpc) is 2.28. The van der Waals surface area contributed by atoms with Gasteiger partial charge in [-0.15, -0.1) is 0 Å². The molecular formula is C12H19NO3S. The maximum Gasteiger partial charge on any atom is 0.212 e. The number of sulfonamides is 1. The maximum atomic E-state index is 11.7. The highest BCUT2D eigenvalue weighted by Gasteiger charge is 2.17. The third-order valence-corrected chi connectivity index (χ3v) is 4.09. The highest BCUT2D eigenvalue weighted by molar-refractivity contribution is 7.89. The molecule has 0 heterocycles. The Kier molecular flexibility index (Phi) is 4.96. The van der Waals surface area contributed by atoms with Crippen LogP contribution in [0.15, 0.2) is 24.3 Å². The summed E-state index contributed by atoms with van der Waals surface area (Å²) in [6.45, 7) is 3.65. The van der Waals surface area contributed by atoms with E-state index in [0.29, 0.717) is 12.2 Å². The zero-order valence-corrected chi connectivity index (χ0v) is 11.3. The van der Waals surface area contributed by atoms with Crippen LogP contribution in [0.3, 0.4) is 0 Å². The molecule has 1 N–H and O–H groups in total. The van der Waals surface area contributed by atoms with Crippen molar-refractivity contribution < 1.29 is 13.2 Å². The number of ether oxygens (including phenoxy) is 1. The van der Waals surface area contributed by atoms with Crippen LogP contribution in [0, 0.1) is 0 Å². The molecule has 1 atom stereocenters. The van der Waals surface area contributed by atoms with E-state index in [0.717, 1.165) is 5.56 Å². The summed E-state index contributed by atoms with van der Waals surface area (Å²) in [7, 11) is -1.63. The van der Waals surface area contributed by atoms with Crippen LogP contribution < -0.4 is 9.46 Å². The molecule has 1 rings (SSSR count). The minimum Gasteiger partial charge on any atom is -0.496 e. The van der Waals surface area contributed by atoms with Crippen molar-refractivity contribution in [3.63, 3.8) is 0 Å². The molecule has 0 radical (unpaired) electrons. The van der Waals surface area contributed by atoms with Gasteiger partial charge in [-0.05, 0) is 19.4 Å². The Hall–Kier alpha value is -1.07. The predicted octanol–water partition coefficient (Wildman–Crippen LogP) is 2.09. The lowest BCUT2D eigenvalue weighted by molar-refractivity contribution is 0.405. The molecule has 0 aliphatic carbocycles. The zero-order valence-electron chi connectivity index (χ0n) is 10.4. The first-order chi connectivity index (χ1) is 8.00. The first-order valence-corrected chi connectivity index (χ1v) is 7.28. The summed E-state index contributed by atoms with van der Waals surface area (Å²) in [5, 5.41) is 0. The zero-order chi connectivity index (χ0) is 12.9. The van der Waals surface area contributed by atoms with Gasteiger partial charge < -0.3 is 4.74 Å². The van der Waals surface area contributed by atoms with E-state index in [4.69, 9.17) is 4.74 Å². The van der Waals surface area contributed by atoms with Crippen LogP contribution >= 0.6 is 0 Å². The molecule has 4 nitrogen and oxygen atoms in total. The third kappa shape index (κ3) is 4.02. The number of benzene rings is 1. The van der Waals surface area contributed by atoms with E-state index in [9.17, 15) is 8.42 Å². The molecule has 1 aromatic rings. The molecule has 0 aliphatic rings. The average molecular weight is 257 g/mol. The van der Waals surface area contributed by atoms with Crippen molar-refractivity contribution in [1.82, 2.24) is 4.72 Å². The second kappa shape index (κ2) is 6.02. The van der Waals surface area contributed by atoms with Gasteiger partial charge in [0.15, 0.2) is 0 Å². The Labute approximate surface area is 103 Å². The van der Waals surface area contributed by atoms with E-state index in [-0.39, 0.29) is 11.8 Å². The topological polar surface area (TPSA) is 55.4 Å². The second-order valence-electron chi connectivity index (χ2n) is 3.90. The lowest BCUT2D eigenvalue weighted by atomic mass is 10.1. The monoisotopic (exact) mass is 257 g/mol. The highest BCUT2D eigenvalue weighted by Crippen LogP contribution is 2.24. The molecule has 0 saturated carbocycles. The van der Waals surface area contributed by atoms with Gasteiger partial charge in [-0.1, -0.05) is 25.1 Å². The van der Waals surface area contributed by atoms with Crippen molar-refractivity contribution in [2.45, 2.75) is 26.3 Å². The summed E-state index contributed by atoms with van der Waals surface area (Å²) in [4.78, 5) is 0. The Morgan fingerprint density at radius 2 is 2.00 bits per heavy atom. The molecule has 0 saturated heterocycles. The number of para-hydroxylation sites is 1. The summed E-state index contributed by atoms with van der Waals surface area (Å²) in [6, 6.07) is 7.11. The molecule has 5 heteroatoms. The van der Waals surface area contributed by atoms with E-state index in [1.165, 1.54) is 0 Å². The molecule has 1 unspecified atom stereocenters. The van der Waals surface area contributed by atoms with Crippen molar-refractivity contribution in [3.05, 3.63) is 29.8 Å². The summed E-state index contributed by atoms with van der Waals surface area (Å²) in [6.07, 6.45) is 0.605. The Bertz CT molecular complexity index is 457. The molecule has 0 aromatic heterocycles. The maximum absolute atomic E-state index is 11.7. The normalized spacial score (nSPS) is 13.4. The van der Waals surface area contributed by atoms with Gasteiger partial charge in [0, 0.05) is 11.6 Å². The lowest BCUT2D eigenvalue weighted by Crippen LogP contribution is -2.29. The van der Waals surface area contributed by atoms with Gasteiger partial charge >= 0.3 is 0 Å². The molecule has 0 amide bonds. The Morgan fingerprint density at radius 3 is 2.59 bits per heavy atom. The van der Waals surface area contributed by atoms with Crippen molar-refractivity contribution in [1.29, 1.82) is 0 Å². The van der Waals surface area contributed by atoms with Gasteiger partial charge in [-0.25, -0.2) is 13.1 Å². The third-order valence-electron chi connectivity index (χ3n) is 2.43. The predicted molar refractivity (Wildman–Crippen MR) is 68.6 cm³/mol. The van der Waals surface area contributed by atoms with E-state index in [2.05, 4.69) is 4.72 Å². The van der Waals surface area contributed by atoms with Crippen molar-refractivity contribution in [2.75, 3.05) is 12.9 Å². The molecule has 0 aliphatic heterocycles. The molecule has 0 fully saturated rings. The van der Waals surface area contributed by atoms with Crippen LogP contribution in [0.5, 0.6) is 5.75 Å². The van der Waals surface area contributed by atoms with Gasteiger partial charge in [-0.3, -0.25) is 0 Å². The van der Waals surface area contributed by atoms with Gasteiger partial charge in [0.05, 0.1) is 12.9 Å². The van der Waals surface area contributed by atoms with Crippen LogP contribution in [-0.2, 0) is 10.0 Å². The van der Waals surface area contributed by atoms with Gasteiger partial charge in [0.2, 0.25) is 10.0 Å². The molecule has 1 aromatic carbocycles. The SMILES string of the molecule is CCCS(=O)(=O)NC(C)c1ccccc1OC. The Balaban J connectivity index is 2.86. The summed E-state index contributed by atoms with van der Waals surface area (Å²) < 4.78 is 31.2. The number of rotatable bonds is 6. The van der Waals surface area contributed by atoms with Crippen LogP contribution in [0.1, 0.15) is 31.9 Å². The number of nitrogens with one attached hydrogen (secondary N) is 1. The van der Waals surface area contributed by atoms with E-state index < -0.39 is 10.0 Å². The number of methoxy groups -OCH3 is 1. The van der Waals surface area contributed by atoms with E-state index in [1.807, 2.05) is 38.1 Å². The van der Waals surface area contributed by atoms with E-state index in [1.54, 1.807) is 7.11 Å². The molecule has 96 valence electrons. The fourth-order valence-corrected chi connectivity index (χ4v) is 3.01. The van der Waals surface area contributed by atoms with Gasteiger partial charge in [-0.2, -0.15) is 0 Å². The quantitative estimate of drug-likeness (QED) is 0.849. The molecular weight excluding hydrogens is 238 g/mol. The van der Waals surface area contributed by atoms with Crippen molar-refractivity contribution in [2.24, 2.45) is 0 Å². The van der Waals surface area contributed by atoms with Crippen LogP contribution in [0.25, 0.3) is 0 Å². The second-order valence-corrected chi connectivity index (χ2v) is 5.77. The van der Waals surface area contributed by atoms with Gasteiger partial charge in [0.1, 0.15) is 5.75 Å². The summed E-state index contributed by atoms with van der Waals surface area (Å²) >= 11 is 0. The first-order valence-electron chi connectivity index (χ1n) is 5.63. The molecule has 0 bridgehead atoms. The standard InChI is InChI=1S/C12H19NO3S/c1-4-9-17(14,15)13-10(2)11-7-5-6-8-12(11)16-3/h5-8,10,13H,4,9H2,1-3H3. The fraction of sp³-hybridized carbons (Fsp3) is 0.500. The summed E-state index contributed by atoms with van der Waals surface area (Å²) in [5.74, 6) is 0.839. The highest BCUT2D eigenvalue weighted by atomic mass is 32.2. The van der Waals surface area contributed by atoms with Gasteiger partial charge in [0.25, 0.3) is 0 Å². The Morgan fingerprint density at radius 1 is 1.35 bits per heavy atom. The first kappa shape index (κ1) is 14.0. The van der Waals surface area contributed by atoms with Crippen molar-refractivity contribution >= 4 is 10.0 Å². The van der Waals surface area contributed by atoms with E-state index >= 15 is 0 Å². The van der Waals surface area contributed by atoms with Crippen LogP contribution in [0.2, 0.25) is 0 Å². The minimum atomic E-state index is -3.21. The van der Waals surface area contributed by atoms with Crippen LogP contribution in [-0.4, -0.2) is 21.3 Å². The van der Waals surface area contributed by atoms with Crippen molar-refractivity contribution in [3.8, 4) is 5.75 Å². The largest absolute Gasteiger partial charge is 0.496 e. The number of hydrogen-bond acceptors (Lipinski definition) is 3. The molecule has 17 heavy (non-hydrogen) atoms. The van der Waals surface area contributed by atoms with Crippen LogP contribution in [0.4, 0.5) is 0 Å². The minimum absolute atomic E-state index is 0.145. The molecule has 0 spiro atoms. The number of hydrogen-bond donors (Lipinski definition) is 1. The lowest BCUT2D eigenvalue weighted by Gasteiger charge is -2.17. The smallest absolute Gasteiger partial charge is 0.212 e.